The number of ether oxygens (including phenoxy) is 1. The molecule has 0 aromatic heterocycles. The monoisotopic (exact) mass is 480 g/mol. The van der Waals surface area contributed by atoms with Gasteiger partial charge >= 0.3 is 6.18 Å². The molecule has 0 atom stereocenters. The standard InChI is InChI=1S/C24H24ClF3N2O3/c25-18-5-3-4-17(16-18)23(8-14-33-15-9-23)22(32)30-12-10-29(11-13-30)21(31)19-6-1-2-7-20(19)24(26,27)28/h1-7,16H,8-15H2. The zero-order chi connectivity index (χ0) is 23.6. The molecule has 2 fully saturated rings. The van der Waals surface area contributed by atoms with Gasteiger partial charge in [0, 0.05) is 44.4 Å². The number of rotatable bonds is 3. The molecule has 4 rings (SSSR count). The third-order valence-electron chi connectivity index (χ3n) is 6.45. The van der Waals surface area contributed by atoms with E-state index in [1.54, 1.807) is 17.0 Å². The van der Waals surface area contributed by atoms with Crippen LogP contribution < -0.4 is 0 Å². The van der Waals surface area contributed by atoms with Crippen LogP contribution in [0.15, 0.2) is 48.5 Å². The zero-order valence-electron chi connectivity index (χ0n) is 17.9. The second-order valence-electron chi connectivity index (χ2n) is 8.33. The molecule has 2 heterocycles. The first-order chi connectivity index (χ1) is 15.7. The SMILES string of the molecule is O=C(c1ccccc1C(F)(F)F)N1CCN(C(=O)C2(c3cccc(Cl)c3)CCOCC2)CC1. The van der Waals surface area contributed by atoms with E-state index in [4.69, 9.17) is 16.3 Å². The molecule has 2 aromatic rings. The highest BCUT2D eigenvalue weighted by Crippen LogP contribution is 2.38. The summed E-state index contributed by atoms with van der Waals surface area (Å²) < 4.78 is 45.5. The van der Waals surface area contributed by atoms with Crippen molar-refractivity contribution < 1.29 is 27.5 Å². The first-order valence-electron chi connectivity index (χ1n) is 10.8. The van der Waals surface area contributed by atoms with Gasteiger partial charge in [0.1, 0.15) is 0 Å². The zero-order valence-corrected chi connectivity index (χ0v) is 18.7. The Balaban J connectivity index is 1.50. The van der Waals surface area contributed by atoms with Crippen LogP contribution in [0.3, 0.4) is 0 Å². The fourth-order valence-corrected chi connectivity index (χ4v) is 4.82. The van der Waals surface area contributed by atoms with Gasteiger partial charge < -0.3 is 14.5 Å². The lowest BCUT2D eigenvalue weighted by atomic mass is 9.73. The van der Waals surface area contributed by atoms with Crippen molar-refractivity contribution in [3.63, 3.8) is 0 Å². The van der Waals surface area contributed by atoms with E-state index < -0.39 is 23.1 Å². The Hall–Kier alpha value is -2.58. The van der Waals surface area contributed by atoms with Gasteiger partial charge in [-0.2, -0.15) is 13.2 Å². The van der Waals surface area contributed by atoms with Gasteiger partial charge in [-0.05, 0) is 42.7 Å². The van der Waals surface area contributed by atoms with Crippen molar-refractivity contribution in [3.8, 4) is 0 Å². The Morgan fingerprint density at radius 2 is 1.55 bits per heavy atom. The number of piperazine rings is 1. The van der Waals surface area contributed by atoms with Crippen LogP contribution in [-0.2, 0) is 21.1 Å². The van der Waals surface area contributed by atoms with Gasteiger partial charge in [0.2, 0.25) is 5.91 Å². The third kappa shape index (κ3) is 4.73. The van der Waals surface area contributed by atoms with Crippen LogP contribution in [0.2, 0.25) is 5.02 Å². The van der Waals surface area contributed by atoms with Gasteiger partial charge in [-0.1, -0.05) is 35.9 Å². The van der Waals surface area contributed by atoms with E-state index in [-0.39, 0.29) is 37.6 Å². The molecule has 0 spiro atoms. The quantitative estimate of drug-likeness (QED) is 0.654. The van der Waals surface area contributed by atoms with Crippen molar-refractivity contribution in [1.82, 2.24) is 9.80 Å². The van der Waals surface area contributed by atoms with Gasteiger partial charge in [0.25, 0.3) is 5.91 Å². The number of amides is 2. The first-order valence-corrected chi connectivity index (χ1v) is 11.2. The summed E-state index contributed by atoms with van der Waals surface area (Å²) in [7, 11) is 0. The minimum atomic E-state index is -4.61. The maximum Gasteiger partial charge on any atom is 0.417 e. The molecule has 2 saturated heterocycles. The van der Waals surface area contributed by atoms with Crippen LogP contribution in [-0.4, -0.2) is 61.0 Å². The Morgan fingerprint density at radius 3 is 2.18 bits per heavy atom. The number of halogens is 4. The van der Waals surface area contributed by atoms with E-state index in [1.165, 1.54) is 23.1 Å². The highest BCUT2D eigenvalue weighted by Gasteiger charge is 2.45. The van der Waals surface area contributed by atoms with E-state index in [0.29, 0.717) is 31.1 Å². The molecule has 0 bridgehead atoms. The second kappa shape index (κ2) is 9.35. The van der Waals surface area contributed by atoms with E-state index in [1.807, 2.05) is 12.1 Å². The molecule has 0 unspecified atom stereocenters. The average Bonchev–Trinajstić information content (AvgIpc) is 2.83. The van der Waals surface area contributed by atoms with Crippen molar-refractivity contribution in [2.75, 3.05) is 39.4 Å². The van der Waals surface area contributed by atoms with Gasteiger partial charge in [0.05, 0.1) is 16.5 Å². The highest BCUT2D eigenvalue weighted by atomic mass is 35.5. The summed E-state index contributed by atoms with van der Waals surface area (Å²) in [6.45, 7) is 1.73. The number of benzene rings is 2. The molecule has 176 valence electrons. The molecule has 0 N–H and O–H groups in total. The fraction of sp³-hybridized carbons (Fsp3) is 0.417. The van der Waals surface area contributed by atoms with E-state index in [2.05, 4.69) is 0 Å². The molecule has 5 nitrogen and oxygen atoms in total. The Kier molecular flexibility index (Phi) is 6.68. The van der Waals surface area contributed by atoms with E-state index in [9.17, 15) is 22.8 Å². The van der Waals surface area contributed by atoms with Crippen molar-refractivity contribution in [1.29, 1.82) is 0 Å². The smallest absolute Gasteiger partial charge is 0.381 e. The Labute approximate surface area is 195 Å². The lowest BCUT2D eigenvalue weighted by Gasteiger charge is -2.43. The third-order valence-corrected chi connectivity index (χ3v) is 6.69. The average molecular weight is 481 g/mol. The molecule has 2 aromatic carbocycles. The molecule has 0 saturated carbocycles. The van der Waals surface area contributed by atoms with Gasteiger partial charge in [-0.25, -0.2) is 0 Å². The summed E-state index contributed by atoms with van der Waals surface area (Å²) in [5, 5.41) is 0.546. The van der Waals surface area contributed by atoms with Gasteiger partial charge in [0.15, 0.2) is 0 Å². The minimum absolute atomic E-state index is 0.0594. The predicted molar refractivity (Wildman–Crippen MR) is 117 cm³/mol. The second-order valence-corrected chi connectivity index (χ2v) is 8.77. The van der Waals surface area contributed by atoms with Crippen molar-refractivity contribution in [3.05, 3.63) is 70.2 Å². The molecule has 2 aliphatic rings. The maximum atomic E-state index is 13.7. The largest absolute Gasteiger partial charge is 0.417 e. The number of alkyl halides is 3. The van der Waals surface area contributed by atoms with Crippen LogP contribution in [0.5, 0.6) is 0 Å². The summed E-state index contributed by atoms with van der Waals surface area (Å²) in [5.74, 6) is -0.735. The molecule has 9 heteroatoms. The summed E-state index contributed by atoms with van der Waals surface area (Å²) in [6.07, 6.45) is -3.58. The number of carbonyl (C=O) groups excluding carboxylic acids is 2. The predicted octanol–water partition coefficient (Wildman–Crippen LogP) is 4.39. The maximum absolute atomic E-state index is 13.7. The number of carbonyl (C=O) groups is 2. The molecule has 0 aliphatic carbocycles. The molecular weight excluding hydrogens is 457 g/mol. The Morgan fingerprint density at radius 1 is 0.909 bits per heavy atom. The molecule has 33 heavy (non-hydrogen) atoms. The lowest BCUT2D eigenvalue weighted by molar-refractivity contribution is -0.142. The molecule has 0 radical (unpaired) electrons. The Bertz CT molecular complexity index is 1030. The summed E-state index contributed by atoms with van der Waals surface area (Å²) >= 11 is 6.19. The van der Waals surface area contributed by atoms with Crippen LogP contribution in [0.1, 0.15) is 34.3 Å². The summed E-state index contributed by atoms with van der Waals surface area (Å²) in [6, 6.07) is 12.1. The van der Waals surface area contributed by atoms with Crippen LogP contribution in [0, 0.1) is 0 Å². The topological polar surface area (TPSA) is 49.9 Å². The first kappa shape index (κ1) is 23.6. The van der Waals surface area contributed by atoms with E-state index in [0.717, 1.165) is 11.6 Å². The van der Waals surface area contributed by atoms with Crippen molar-refractivity contribution in [2.24, 2.45) is 0 Å². The number of hydrogen-bond acceptors (Lipinski definition) is 3. The van der Waals surface area contributed by atoms with E-state index >= 15 is 0 Å². The van der Waals surface area contributed by atoms with Crippen LogP contribution in [0.4, 0.5) is 13.2 Å². The number of nitrogens with zero attached hydrogens (tertiary/aromatic N) is 2. The van der Waals surface area contributed by atoms with Crippen LogP contribution >= 0.6 is 11.6 Å². The highest BCUT2D eigenvalue weighted by molar-refractivity contribution is 6.30. The van der Waals surface area contributed by atoms with Gasteiger partial charge in [-0.15, -0.1) is 0 Å². The normalized spacial score (nSPS) is 18.8. The van der Waals surface area contributed by atoms with Crippen molar-refractivity contribution >= 4 is 23.4 Å². The molecule has 2 aliphatic heterocycles. The fourth-order valence-electron chi connectivity index (χ4n) is 4.63. The molecule has 2 amide bonds. The van der Waals surface area contributed by atoms with Crippen molar-refractivity contribution in [2.45, 2.75) is 24.4 Å². The molecular formula is C24H24ClF3N2O3. The minimum Gasteiger partial charge on any atom is -0.381 e. The van der Waals surface area contributed by atoms with Crippen LogP contribution in [0.25, 0.3) is 0 Å². The lowest BCUT2D eigenvalue weighted by Crippen LogP contribution is -2.56. The van der Waals surface area contributed by atoms with Gasteiger partial charge in [-0.3, -0.25) is 9.59 Å². The summed E-state index contributed by atoms with van der Waals surface area (Å²) in [4.78, 5) is 29.6. The number of hydrogen-bond donors (Lipinski definition) is 0. The summed E-state index contributed by atoms with van der Waals surface area (Å²) in [5.41, 5.74) is -1.25.